The average molecular weight is 177 g/mol. The van der Waals surface area contributed by atoms with Gasteiger partial charge in [0.1, 0.15) is 18.6 Å². The number of ether oxygens (including phenoxy) is 1. The van der Waals surface area contributed by atoms with Gasteiger partial charge in [-0.1, -0.05) is 0 Å². The normalized spacial score (nSPS) is 17.8. The van der Waals surface area contributed by atoms with E-state index in [2.05, 4.69) is 4.98 Å². The lowest BCUT2D eigenvalue weighted by atomic mass is 10.1. The molecule has 3 heteroatoms. The molecule has 1 fully saturated rings. The minimum atomic E-state index is -0.185. The summed E-state index contributed by atoms with van der Waals surface area (Å²) in [7, 11) is 0. The summed E-state index contributed by atoms with van der Waals surface area (Å²) in [6.07, 6.45) is 6.26. The molecule has 1 aliphatic carbocycles. The number of hydrogen-bond donors (Lipinski definition) is 0. The zero-order chi connectivity index (χ0) is 9.15. The minimum absolute atomic E-state index is 0.185. The Kier molecular flexibility index (Phi) is 2.00. The maximum absolute atomic E-state index is 10.6. The summed E-state index contributed by atoms with van der Waals surface area (Å²) in [4.78, 5) is 14.5. The molecule has 2 rings (SSSR count). The summed E-state index contributed by atoms with van der Waals surface area (Å²) in [5.74, 6) is 0.732. The summed E-state index contributed by atoms with van der Waals surface area (Å²) in [5, 5.41) is 0. The first-order valence-corrected chi connectivity index (χ1v) is 4.34. The van der Waals surface area contributed by atoms with Crippen LogP contribution < -0.4 is 4.74 Å². The molecule has 0 unspecified atom stereocenters. The quantitative estimate of drug-likeness (QED) is 0.653. The Bertz CT molecular complexity index is 293. The Morgan fingerprint density at radius 1 is 1.62 bits per heavy atom. The van der Waals surface area contributed by atoms with Crippen LogP contribution in [0.1, 0.15) is 12.8 Å². The summed E-state index contributed by atoms with van der Waals surface area (Å²) in [6, 6.07) is 3.66. The highest BCUT2D eigenvalue weighted by Crippen LogP contribution is 2.43. The first kappa shape index (κ1) is 8.23. The molecule has 1 heterocycles. The predicted octanol–water partition coefficient (Wildman–Crippen LogP) is 1.44. The molecular formula is C10H11NO2. The predicted molar refractivity (Wildman–Crippen MR) is 47.5 cm³/mol. The number of carbonyl (C=O) groups is 1. The van der Waals surface area contributed by atoms with Crippen molar-refractivity contribution in [3.05, 3.63) is 24.5 Å². The lowest BCUT2D eigenvalue weighted by molar-refractivity contribution is -0.113. The van der Waals surface area contributed by atoms with Gasteiger partial charge in [-0.3, -0.25) is 4.98 Å². The van der Waals surface area contributed by atoms with Crippen LogP contribution in [0.5, 0.6) is 5.75 Å². The van der Waals surface area contributed by atoms with Crippen molar-refractivity contribution >= 4 is 6.29 Å². The van der Waals surface area contributed by atoms with Crippen LogP contribution in [0.4, 0.5) is 0 Å². The Hall–Kier alpha value is -1.38. The van der Waals surface area contributed by atoms with Crippen LogP contribution in [0, 0.1) is 5.41 Å². The van der Waals surface area contributed by atoms with Gasteiger partial charge in [0.2, 0.25) is 0 Å². The molecular weight excluding hydrogens is 166 g/mol. The fourth-order valence-corrected chi connectivity index (χ4v) is 1.12. The second-order valence-electron chi connectivity index (χ2n) is 3.46. The average Bonchev–Trinajstić information content (AvgIpc) is 2.97. The van der Waals surface area contributed by atoms with E-state index in [9.17, 15) is 4.79 Å². The first-order valence-electron chi connectivity index (χ1n) is 4.34. The minimum Gasteiger partial charge on any atom is -0.491 e. The maximum atomic E-state index is 10.6. The monoisotopic (exact) mass is 177 g/mol. The lowest BCUT2D eigenvalue weighted by Crippen LogP contribution is -2.14. The van der Waals surface area contributed by atoms with E-state index in [4.69, 9.17) is 4.74 Å². The number of aldehydes is 1. The highest BCUT2D eigenvalue weighted by atomic mass is 16.5. The second kappa shape index (κ2) is 3.17. The molecule has 1 aromatic heterocycles. The van der Waals surface area contributed by atoms with Crippen LogP contribution in [0.3, 0.4) is 0 Å². The van der Waals surface area contributed by atoms with Crippen LogP contribution in [0.25, 0.3) is 0 Å². The molecule has 1 saturated carbocycles. The molecule has 13 heavy (non-hydrogen) atoms. The molecule has 0 N–H and O–H groups in total. The molecule has 0 amide bonds. The number of aromatic nitrogens is 1. The molecule has 68 valence electrons. The smallest absolute Gasteiger partial charge is 0.137 e. The lowest BCUT2D eigenvalue weighted by Gasteiger charge is -2.08. The fourth-order valence-electron chi connectivity index (χ4n) is 1.12. The largest absolute Gasteiger partial charge is 0.491 e. The van der Waals surface area contributed by atoms with Gasteiger partial charge in [-0.25, -0.2) is 0 Å². The zero-order valence-corrected chi connectivity index (χ0v) is 7.27. The molecule has 0 spiro atoms. The van der Waals surface area contributed by atoms with Crippen molar-refractivity contribution in [1.82, 2.24) is 4.98 Å². The Morgan fingerprint density at radius 2 is 2.46 bits per heavy atom. The third kappa shape index (κ3) is 1.86. The van der Waals surface area contributed by atoms with E-state index in [0.29, 0.717) is 6.61 Å². The van der Waals surface area contributed by atoms with E-state index in [0.717, 1.165) is 24.9 Å². The van der Waals surface area contributed by atoms with Gasteiger partial charge in [0.25, 0.3) is 0 Å². The molecule has 0 aromatic carbocycles. The molecule has 0 bridgehead atoms. The van der Waals surface area contributed by atoms with Crippen molar-refractivity contribution in [1.29, 1.82) is 0 Å². The Balaban J connectivity index is 1.90. The van der Waals surface area contributed by atoms with Crippen molar-refractivity contribution < 1.29 is 9.53 Å². The van der Waals surface area contributed by atoms with E-state index in [-0.39, 0.29) is 5.41 Å². The van der Waals surface area contributed by atoms with Gasteiger partial charge in [-0.05, 0) is 25.0 Å². The van der Waals surface area contributed by atoms with Crippen molar-refractivity contribution in [3.8, 4) is 5.75 Å². The second-order valence-corrected chi connectivity index (χ2v) is 3.46. The van der Waals surface area contributed by atoms with Gasteiger partial charge in [0.15, 0.2) is 0 Å². The number of pyridine rings is 1. The molecule has 0 saturated heterocycles. The molecule has 3 nitrogen and oxygen atoms in total. The summed E-state index contributed by atoms with van der Waals surface area (Å²) < 4.78 is 5.43. The van der Waals surface area contributed by atoms with Crippen LogP contribution in [-0.2, 0) is 4.79 Å². The SMILES string of the molecule is O=CC1(COc2cccnc2)CC1. The number of nitrogens with zero attached hydrogens (tertiary/aromatic N) is 1. The van der Waals surface area contributed by atoms with E-state index < -0.39 is 0 Å². The Morgan fingerprint density at radius 3 is 3.00 bits per heavy atom. The molecule has 1 aromatic rings. The molecule has 0 aliphatic heterocycles. The third-order valence-electron chi connectivity index (χ3n) is 2.30. The van der Waals surface area contributed by atoms with Crippen LogP contribution in [0.2, 0.25) is 0 Å². The van der Waals surface area contributed by atoms with Gasteiger partial charge < -0.3 is 9.53 Å². The van der Waals surface area contributed by atoms with Gasteiger partial charge in [-0.15, -0.1) is 0 Å². The Labute approximate surface area is 76.7 Å². The van der Waals surface area contributed by atoms with Crippen molar-refractivity contribution in [2.45, 2.75) is 12.8 Å². The first-order chi connectivity index (χ1) is 6.35. The summed E-state index contributed by atoms with van der Waals surface area (Å²) in [5.41, 5.74) is -0.185. The van der Waals surface area contributed by atoms with Crippen molar-refractivity contribution in [2.75, 3.05) is 6.61 Å². The number of rotatable bonds is 4. The van der Waals surface area contributed by atoms with Gasteiger partial charge in [0.05, 0.1) is 11.6 Å². The third-order valence-corrected chi connectivity index (χ3v) is 2.30. The van der Waals surface area contributed by atoms with Gasteiger partial charge in [0, 0.05) is 6.20 Å². The summed E-state index contributed by atoms with van der Waals surface area (Å²) >= 11 is 0. The van der Waals surface area contributed by atoms with Crippen LogP contribution >= 0.6 is 0 Å². The topological polar surface area (TPSA) is 39.2 Å². The van der Waals surface area contributed by atoms with Gasteiger partial charge >= 0.3 is 0 Å². The van der Waals surface area contributed by atoms with Crippen LogP contribution in [0.15, 0.2) is 24.5 Å². The van der Waals surface area contributed by atoms with E-state index in [1.54, 1.807) is 12.4 Å². The van der Waals surface area contributed by atoms with Crippen molar-refractivity contribution in [3.63, 3.8) is 0 Å². The number of carbonyl (C=O) groups excluding carboxylic acids is 1. The maximum Gasteiger partial charge on any atom is 0.137 e. The van der Waals surface area contributed by atoms with E-state index >= 15 is 0 Å². The zero-order valence-electron chi connectivity index (χ0n) is 7.27. The van der Waals surface area contributed by atoms with E-state index in [1.165, 1.54) is 0 Å². The van der Waals surface area contributed by atoms with Gasteiger partial charge in [-0.2, -0.15) is 0 Å². The van der Waals surface area contributed by atoms with Crippen LogP contribution in [-0.4, -0.2) is 17.9 Å². The highest BCUT2D eigenvalue weighted by molar-refractivity contribution is 5.63. The molecule has 1 aliphatic rings. The highest BCUT2D eigenvalue weighted by Gasteiger charge is 2.43. The fraction of sp³-hybridized carbons (Fsp3) is 0.400. The van der Waals surface area contributed by atoms with Crippen molar-refractivity contribution in [2.24, 2.45) is 5.41 Å². The number of hydrogen-bond acceptors (Lipinski definition) is 3. The molecule has 0 radical (unpaired) electrons. The standard InChI is InChI=1S/C10H11NO2/c12-7-10(3-4-10)8-13-9-2-1-5-11-6-9/h1-2,5-7H,3-4,8H2. The molecule has 0 atom stereocenters. The van der Waals surface area contributed by atoms with E-state index in [1.807, 2.05) is 12.1 Å². The summed E-state index contributed by atoms with van der Waals surface area (Å²) in [6.45, 7) is 0.488.